The van der Waals surface area contributed by atoms with E-state index in [2.05, 4.69) is 23.8 Å². The van der Waals surface area contributed by atoms with E-state index in [9.17, 15) is 4.79 Å². The van der Waals surface area contributed by atoms with Crippen molar-refractivity contribution in [2.45, 2.75) is 64.1 Å². The van der Waals surface area contributed by atoms with E-state index in [1.165, 1.54) is 32.4 Å². The molecule has 5 heteroatoms. The van der Waals surface area contributed by atoms with E-state index in [0.717, 1.165) is 56.8 Å². The van der Waals surface area contributed by atoms with Crippen molar-refractivity contribution in [3.8, 4) is 5.75 Å². The minimum atomic E-state index is -0.0271. The third kappa shape index (κ3) is 7.09. The van der Waals surface area contributed by atoms with Gasteiger partial charge in [0.15, 0.2) is 5.78 Å². The summed E-state index contributed by atoms with van der Waals surface area (Å²) in [5.74, 6) is 0.948. The molecular formula is C24H38N2O3. The highest BCUT2D eigenvalue weighted by atomic mass is 16.5. The lowest BCUT2D eigenvalue weighted by Crippen LogP contribution is -2.44. The van der Waals surface area contributed by atoms with Crippen molar-refractivity contribution >= 4 is 5.78 Å². The lowest BCUT2D eigenvalue weighted by Gasteiger charge is -2.35. The summed E-state index contributed by atoms with van der Waals surface area (Å²) >= 11 is 0. The van der Waals surface area contributed by atoms with Crippen molar-refractivity contribution in [2.75, 3.05) is 46.4 Å². The number of carbonyl (C=O) groups is 1. The summed E-state index contributed by atoms with van der Waals surface area (Å²) in [6, 6.07) is 7.60. The summed E-state index contributed by atoms with van der Waals surface area (Å²) in [6.45, 7) is 8.40. The predicted molar refractivity (Wildman–Crippen MR) is 117 cm³/mol. The fourth-order valence-electron chi connectivity index (χ4n) is 4.39. The molecule has 1 unspecified atom stereocenters. The van der Waals surface area contributed by atoms with Gasteiger partial charge in [-0.05, 0) is 70.8 Å². The standard InChI is InChI=1S/C24H38N2O3/c1-3-13-25(2)14-7-4-8-17-28-20-11-15-26(16-12-20)19-21-18-23(27)22-9-5-6-10-24(22)29-21/h5-6,9-10,20-21H,3-4,7-8,11-19H2,1-2H3. The van der Waals surface area contributed by atoms with E-state index in [0.29, 0.717) is 12.5 Å². The largest absolute Gasteiger partial charge is 0.488 e. The molecule has 2 aliphatic rings. The second kappa shape index (κ2) is 11.7. The molecule has 1 atom stereocenters. The van der Waals surface area contributed by atoms with E-state index in [1.807, 2.05) is 24.3 Å². The van der Waals surface area contributed by atoms with Crippen molar-refractivity contribution in [1.29, 1.82) is 0 Å². The van der Waals surface area contributed by atoms with E-state index < -0.39 is 0 Å². The maximum atomic E-state index is 12.3. The normalized spacial score (nSPS) is 20.7. The molecule has 2 heterocycles. The second-order valence-corrected chi connectivity index (χ2v) is 8.60. The quantitative estimate of drug-likeness (QED) is 0.523. The summed E-state index contributed by atoms with van der Waals surface area (Å²) in [5, 5.41) is 0. The molecule has 2 aliphatic heterocycles. The molecule has 0 N–H and O–H groups in total. The average molecular weight is 403 g/mol. The number of para-hydroxylation sites is 1. The van der Waals surface area contributed by atoms with Gasteiger partial charge in [-0.2, -0.15) is 0 Å². The topological polar surface area (TPSA) is 42.0 Å². The number of ether oxygens (including phenoxy) is 2. The van der Waals surface area contributed by atoms with Gasteiger partial charge in [-0.3, -0.25) is 9.69 Å². The van der Waals surface area contributed by atoms with Gasteiger partial charge in [0.25, 0.3) is 0 Å². The van der Waals surface area contributed by atoms with Gasteiger partial charge in [0.2, 0.25) is 0 Å². The van der Waals surface area contributed by atoms with Crippen LogP contribution in [0.15, 0.2) is 24.3 Å². The SMILES string of the molecule is CCCN(C)CCCCCOC1CCN(CC2CC(=O)c3ccccc3O2)CC1. The Labute approximate surface area is 176 Å². The van der Waals surface area contributed by atoms with Crippen LogP contribution in [-0.4, -0.2) is 74.2 Å². The van der Waals surface area contributed by atoms with Gasteiger partial charge in [-0.15, -0.1) is 0 Å². The molecule has 1 saturated heterocycles. The number of fused-ring (bicyclic) bond motifs is 1. The van der Waals surface area contributed by atoms with Crippen LogP contribution in [0.3, 0.4) is 0 Å². The third-order valence-electron chi connectivity index (χ3n) is 6.03. The molecule has 0 radical (unpaired) electrons. The summed E-state index contributed by atoms with van der Waals surface area (Å²) in [7, 11) is 2.21. The Balaban J connectivity index is 1.27. The van der Waals surface area contributed by atoms with Gasteiger partial charge >= 0.3 is 0 Å². The number of unbranched alkanes of at least 4 members (excludes halogenated alkanes) is 2. The lowest BCUT2D eigenvalue weighted by atomic mass is 9.99. The van der Waals surface area contributed by atoms with Crippen molar-refractivity contribution in [2.24, 2.45) is 0 Å². The highest BCUT2D eigenvalue weighted by molar-refractivity contribution is 5.99. The smallest absolute Gasteiger partial charge is 0.170 e. The molecule has 0 aromatic heterocycles. The summed E-state index contributed by atoms with van der Waals surface area (Å²) in [6.07, 6.45) is 7.92. The Kier molecular flexibility index (Phi) is 8.96. The van der Waals surface area contributed by atoms with Crippen LogP contribution in [0.1, 0.15) is 62.2 Å². The lowest BCUT2D eigenvalue weighted by molar-refractivity contribution is -0.00247. The average Bonchev–Trinajstić information content (AvgIpc) is 2.72. The molecule has 3 rings (SSSR count). The van der Waals surface area contributed by atoms with Crippen LogP contribution in [0.5, 0.6) is 5.75 Å². The monoisotopic (exact) mass is 402 g/mol. The van der Waals surface area contributed by atoms with Crippen molar-refractivity contribution in [3.63, 3.8) is 0 Å². The van der Waals surface area contributed by atoms with Crippen LogP contribution in [0.2, 0.25) is 0 Å². The first kappa shape index (κ1) is 22.3. The molecule has 5 nitrogen and oxygen atoms in total. The molecule has 162 valence electrons. The predicted octanol–water partition coefficient (Wildman–Crippen LogP) is 4.01. The first-order valence-corrected chi connectivity index (χ1v) is 11.5. The van der Waals surface area contributed by atoms with Gasteiger partial charge in [0.1, 0.15) is 11.9 Å². The minimum Gasteiger partial charge on any atom is -0.488 e. The zero-order valence-electron chi connectivity index (χ0n) is 18.3. The fourth-order valence-corrected chi connectivity index (χ4v) is 4.39. The fraction of sp³-hybridized carbons (Fsp3) is 0.708. The number of ketones is 1. The molecule has 29 heavy (non-hydrogen) atoms. The minimum absolute atomic E-state index is 0.0271. The van der Waals surface area contributed by atoms with Crippen molar-refractivity contribution in [3.05, 3.63) is 29.8 Å². The van der Waals surface area contributed by atoms with Crippen LogP contribution in [0, 0.1) is 0 Å². The second-order valence-electron chi connectivity index (χ2n) is 8.60. The number of likely N-dealkylation sites (tertiary alicyclic amines) is 1. The Hall–Kier alpha value is -1.43. The van der Waals surface area contributed by atoms with Crippen molar-refractivity contribution in [1.82, 2.24) is 9.80 Å². The maximum absolute atomic E-state index is 12.3. The van der Waals surface area contributed by atoms with Crippen LogP contribution >= 0.6 is 0 Å². The number of nitrogens with zero attached hydrogens (tertiary/aromatic N) is 2. The van der Waals surface area contributed by atoms with Crippen LogP contribution in [0.25, 0.3) is 0 Å². The van der Waals surface area contributed by atoms with E-state index >= 15 is 0 Å². The van der Waals surface area contributed by atoms with Crippen LogP contribution in [0.4, 0.5) is 0 Å². The Morgan fingerprint density at radius 1 is 1.14 bits per heavy atom. The molecule has 0 bridgehead atoms. The molecule has 1 aromatic rings. The summed E-state index contributed by atoms with van der Waals surface area (Å²) in [5.41, 5.74) is 0.730. The number of piperidine rings is 1. The summed E-state index contributed by atoms with van der Waals surface area (Å²) in [4.78, 5) is 17.2. The first-order chi connectivity index (χ1) is 14.2. The third-order valence-corrected chi connectivity index (χ3v) is 6.03. The number of rotatable bonds is 11. The van der Waals surface area contributed by atoms with E-state index in [1.54, 1.807) is 0 Å². The number of carbonyl (C=O) groups excluding carboxylic acids is 1. The van der Waals surface area contributed by atoms with E-state index in [4.69, 9.17) is 9.47 Å². The molecular weight excluding hydrogens is 364 g/mol. The van der Waals surface area contributed by atoms with Crippen LogP contribution in [-0.2, 0) is 4.74 Å². The molecule has 0 spiro atoms. The van der Waals surface area contributed by atoms with Gasteiger partial charge in [-0.1, -0.05) is 19.1 Å². The number of hydrogen-bond acceptors (Lipinski definition) is 5. The number of benzene rings is 1. The molecule has 0 amide bonds. The van der Waals surface area contributed by atoms with Gasteiger partial charge in [0, 0.05) is 32.7 Å². The van der Waals surface area contributed by atoms with Crippen LogP contribution < -0.4 is 4.74 Å². The zero-order chi connectivity index (χ0) is 20.5. The Morgan fingerprint density at radius 2 is 1.93 bits per heavy atom. The molecule has 0 aliphatic carbocycles. The van der Waals surface area contributed by atoms with Gasteiger partial charge < -0.3 is 14.4 Å². The molecule has 1 fully saturated rings. The highest BCUT2D eigenvalue weighted by Crippen LogP contribution is 2.28. The Morgan fingerprint density at radius 3 is 2.72 bits per heavy atom. The van der Waals surface area contributed by atoms with Gasteiger partial charge in [-0.25, -0.2) is 0 Å². The first-order valence-electron chi connectivity index (χ1n) is 11.5. The zero-order valence-corrected chi connectivity index (χ0v) is 18.3. The highest BCUT2D eigenvalue weighted by Gasteiger charge is 2.29. The van der Waals surface area contributed by atoms with Gasteiger partial charge in [0.05, 0.1) is 11.7 Å². The molecule has 1 aromatic carbocycles. The van der Waals surface area contributed by atoms with Crippen molar-refractivity contribution < 1.29 is 14.3 Å². The number of hydrogen-bond donors (Lipinski definition) is 0. The Bertz CT molecular complexity index is 628. The van der Waals surface area contributed by atoms with E-state index in [-0.39, 0.29) is 11.9 Å². The number of Topliss-reactive ketones (excluding diaryl/α,β-unsaturated/α-hetero) is 1. The maximum Gasteiger partial charge on any atom is 0.170 e. The molecule has 0 saturated carbocycles. The summed E-state index contributed by atoms with van der Waals surface area (Å²) < 4.78 is 12.2.